The Balaban J connectivity index is 1.58. The molecule has 1 N–H and O–H groups in total. The minimum Gasteiger partial charge on any atom is -0.482 e. The van der Waals surface area contributed by atoms with Crippen molar-refractivity contribution < 1.29 is 9.53 Å². The zero-order valence-electron chi connectivity index (χ0n) is 12.2. The second-order valence-corrected chi connectivity index (χ2v) is 6.99. The van der Waals surface area contributed by atoms with Gasteiger partial charge in [-0.25, -0.2) is 0 Å². The van der Waals surface area contributed by atoms with Crippen molar-refractivity contribution in [2.45, 2.75) is 0 Å². The fourth-order valence-electron chi connectivity index (χ4n) is 1.86. The average molecular weight is 425 g/mol. The van der Waals surface area contributed by atoms with Gasteiger partial charge in [0.1, 0.15) is 10.8 Å². The summed E-state index contributed by atoms with van der Waals surface area (Å²) in [6.45, 7) is -0.165. The molecule has 0 spiro atoms. The van der Waals surface area contributed by atoms with Crippen molar-refractivity contribution in [1.29, 1.82) is 0 Å². The number of ether oxygens (including phenoxy) is 1. The van der Waals surface area contributed by atoms with Gasteiger partial charge in [-0.1, -0.05) is 69.2 Å². The summed E-state index contributed by atoms with van der Waals surface area (Å²) in [4.78, 5) is 12.0. The van der Waals surface area contributed by atoms with Crippen molar-refractivity contribution in [2.24, 2.45) is 0 Å². The lowest BCUT2D eigenvalue weighted by molar-refractivity contribution is -0.118. The predicted octanol–water partition coefficient (Wildman–Crippen LogP) is 4.64. The van der Waals surface area contributed by atoms with Crippen molar-refractivity contribution in [3.8, 4) is 16.3 Å². The molecule has 0 atom stereocenters. The molecule has 0 saturated carbocycles. The summed E-state index contributed by atoms with van der Waals surface area (Å²) in [7, 11) is 0. The molecule has 0 bridgehead atoms. The van der Waals surface area contributed by atoms with Gasteiger partial charge in [-0.2, -0.15) is 0 Å². The van der Waals surface area contributed by atoms with Gasteiger partial charge in [0.15, 0.2) is 6.61 Å². The minimum absolute atomic E-state index is 0.165. The maximum absolute atomic E-state index is 12.0. The first-order valence-corrected chi connectivity index (χ1v) is 8.87. The molecule has 0 fully saturated rings. The van der Waals surface area contributed by atoms with Crippen LogP contribution in [0.25, 0.3) is 10.6 Å². The predicted molar refractivity (Wildman–Crippen MR) is 98.6 cm³/mol. The molecular formula is C16H11BrClN3O2S. The number of hydrogen-bond donors (Lipinski definition) is 1. The summed E-state index contributed by atoms with van der Waals surface area (Å²) in [5.41, 5.74) is 0.952. The highest BCUT2D eigenvalue weighted by Crippen LogP contribution is 2.28. The van der Waals surface area contributed by atoms with E-state index in [1.165, 1.54) is 11.3 Å². The van der Waals surface area contributed by atoms with E-state index in [1.807, 2.05) is 30.3 Å². The zero-order valence-corrected chi connectivity index (χ0v) is 15.4. The molecule has 0 aliphatic carbocycles. The second-order valence-electron chi connectivity index (χ2n) is 4.69. The van der Waals surface area contributed by atoms with E-state index in [2.05, 4.69) is 31.4 Å². The summed E-state index contributed by atoms with van der Waals surface area (Å²) in [6.07, 6.45) is 0. The number of anilines is 1. The lowest BCUT2D eigenvalue weighted by Gasteiger charge is -2.07. The van der Waals surface area contributed by atoms with E-state index in [-0.39, 0.29) is 12.5 Å². The first kappa shape index (κ1) is 16.9. The molecule has 0 saturated heterocycles. The largest absolute Gasteiger partial charge is 0.482 e. The minimum atomic E-state index is -0.329. The number of carbonyl (C=O) groups excluding carboxylic acids is 1. The van der Waals surface area contributed by atoms with Crippen molar-refractivity contribution >= 4 is 49.9 Å². The number of carbonyl (C=O) groups is 1. The van der Waals surface area contributed by atoms with Crippen LogP contribution in [0.1, 0.15) is 0 Å². The Kier molecular flexibility index (Phi) is 5.44. The third kappa shape index (κ3) is 4.31. The Bertz CT molecular complexity index is 858. The SMILES string of the molecule is O=C(COc1ccc(Br)cc1Cl)Nc1nnc(-c2ccccc2)s1. The number of rotatable bonds is 5. The number of halogens is 2. The smallest absolute Gasteiger partial charge is 0.264 e. The lowest BCUT2D eigenvalue weighted by atomic mass is 10.2. The molecule has 1 heterocycles. The molecule has 1 amide bonds. The molecule has 0 radical (unpaired) electrons. The van der Waals surface area contributed by atoms with Gasteiger partial charge in [0.25, 0.3) is 5.91 Å². The van der Waals surface area contributed by atoms with Gasteiger partial charge in [-0.05, 0) is 18.2 Å². The van der Waals surface area contributed by atoms with Crippen LogP contribution in [0.3, 0.4) is 0 Å². The van der Waals surface area contributed by atoms with Crippen LogP contribution in [0.5, 0.6) is 5.75 Å². The van der Waals surface area contributed by atoms with E-state index < -0.39 is 0 Å². The molecule has 0 aliphatic heterocycles. The van der Waals surface area contributed by atoms with Gasteiger partial charge in [0, 0.05) is 10.0 Å². The molecule has 0 aliphatic rings. The fourth-order valence-corrected chi connectivity index (χ4v) is 3.36. The molecular weight excluding hydrogens is 414 g/mol. The molecule has 24 heavy (non-hydrogen) atoms. The highest BCUT2D eigenvalue weighted by atomic mass is 79.9. The van der Waals surface area contributed by atoms with Crippen LogP contribution in [0.2, 0.25) is 5.02 Å². The summed E-state index contributed by atoms with van der Waals surface area (Å²) in [5, 5.41) is 12.3. The Hall–Kier alpha value is -1.96. The molecule has 5 nitrogen and oxygen atoms in total. The fraction of sp³-hybridized carbons (Fsp3) is 0.0625. The van der Waals surface area contributed by atoms with Gasteiger partial charge in [-0.15, -0.1) is 10.2 Å². The van der Waals surface area contributed by atoms with E-state index >= 15 is 0 Å². The number of benzene rings is 2. The number of nitrogens with one attached hydrogen (secondary N) is 1. The van der Waals surface area contributed by atoms with Crippen LogP contribution in [0.15, 0.2) is 53.0 Å². The second kappa shape index (κ2) is 7.74. The van der Waals surface area contributed by atoms with E-state index in [4.69, 9.17) is 16.3 Å². The van der Waals surface area contributed by atoms with E-state index in [1.54, 1.807) is 18.2 Å². The summed E-state index contributed by atoms with van der Waals surface area (Å²) in [5.74, 6) is 0.113. The Morgan fingerprint density at radius 3 is 2.75 bits per heavy atom. The van der Waals surface area contributed by atoms with Crippen LogP contribution in [-0.2, 0) is 4.79 Å². The van der Waals surface area contributed by atoms with Crippen LogP contribution in [-0.4, -0.2) is 22.7 Å². The van der Waals surface area contributed by atoms with Gasteiger partial charge < -0.3 is 4.74 Å². The standard InChI is InChI=1S/C16H11BrClN3O2S/c17-11-6-7-13(12(18)8-11)23-9-14(22)19-16-21-20-15(24-16)10-4-2-1-3-5-10/h1-8H,9H2,(H,19,21,22). The maximum atomic E-state index is 12.0. The Labute approximate surface area is 155 Å². The van der Waals surface area contributed by atoms with Crippen molar-refractivity contribution in [3.63, 3.8) is 0 Å². The van der Waals surface area contributed by atoms with Crippen LogP contribution < -0.4 is 10.1 Å². The number of hydrogen-bond acceptors (Lipinski definition) is 5. The summed E-state index contributed by atoms with van der Waals surface area (Å²) in [6, 6.07) is 14.8. The Morgan fingerprint density at radius 1 is 1.21 bits per heavy atom. The zero-order chi connectivity index (χ0) is 16.9. The summed E-state index contributed by atoms with van der Waals surface area (Å²) >= 11 is 10.6. The summed E-state index contributed by atoms with van der Waals surface area (Å²) < 4.78 is 6.25. The molecule has 2 aromatic carbocycles. The van der Waals surface area contributed by atoms with Crippen LogP contribution in [0, 0.1) is 0 Å². The normalized spacial score (nSPS) is 10.4. The van der Waals surface area contributed by atoms with Crippen molar-refractivity contribution in [1.82, 2.24) is 10.2 Å². The maximum Gasteiger partial charge on any atom is 0.264 e. The topological polar surface area (TPSA) is 64.1 Å². The molecule has 122 valence electrons. The van der Waals surface area contributed by atoms with Gasteiger partial charge in [0.05, 0.1) is 5.02 Å². The average Bonchev–Trinajstić information content (AvgIpc) is 3.03. The number of amides is 1. The molecule has 1 aromatic heterocycles. The first-order chi connectivity index (χ1) is 11.6. The highest BCUT2D eigenvalue weighted by molar-refractivity contribution is 9.10. The molecule has 0 unspecified atom stereocenters. The van der Waals surface area contributed by atoms with E-state index in [0.29, 0.717) is 15.9 Å². The van der Waals surface area contributed by atoms with E-state index in [0.717, 1.165) is 15.0 Å². The van der Waals surface area contributed by atoms with Gasteiger partial charge in [0.2, 0.25) is 5.13 Å². The molecule has 8 heteroatoms. The van der Waals surface area contributed by atoms with Gasteiger partial charge in [-0.3, -0.25) is 10.1 Å². The number of nitrogens with zero attached hydrogens (tertiary/aromatic N) is 2. The van der Waals surface area contributed by atoms with Crippen LogP contribution in [0.4, 0.5) is 5.13 Å². The quantitative estimate of drug-likeness (QED) is 0.648. The third-order valence-electron chi connectivity index (χ3n) is 2.94. The third-order valence-corrected chi connectivity index (χ3v) is 4.62. The highest BCUT2D eigenvalue weighted by Gasteiger charge is 2.11. The van der Waals surface area contributed by atoms with Crippen molar-refractivity contribution in [2.75, 3.05) is 11.9 Å². The van der Waals surface area contributed by atoms with E-state index in [9.17, 15) is 4.79 Å². The lowest BCUT2D eigenvalue weighted by Crippen LogP contribution is -2.20. The first-order valence-electron chi connectivity index (χ1n) is 6.88. The van der Waals surface area contributed by atoms with Crippen molar-refractivity contribution in [3.05, 3.63) is 58.0 Å². The molecule has 3 rings (SSSR count). The molecule has 3 aromatic rings. The van der Waals surface area contributed by atoms with Gasteiger partial charge >= 0.3 is 0 Å². The Morgan fingerprint density at radius 2 is 2.00 bits per heavy atom. The van der Waals surface area contributed by atoms with Crippen LogP contribution >= 0.6 is 38.9 Å². The number of aromatic nitrogens is 2. The monoisotopic (exact) mass is 423 g/mol.